The molecule has 1 aromatic heterocycles. The van der Waals surface area contributed by atoms with Crippen LogP contribution in [-0.4, -0.2) is 59.4 Å². The Morgan fingerprint density at radius 1 is 1.21 bits per heavy atom. The Kier molecular flexibility index (Phi) is 6.92. The van der Waals surface area contributed by atoms with E-state index in [9.17, 15) is 22.4 Å². The van der Waals surface area contributed by atoms with Crippen LogP contribution in [0.5, 0.6) is 0 Å². The molecule has 10 nitrogen and oxygen atoms in total. The van der Waals surface area contributed by atoms with Gasteiger partial charge in [0.05, 0.1) is 0 Å². The van der Waals surface area contributed by atoms with E-state index in [-0.39, 0.29) is 30.9 Å². The van der Waals surface area contributed by atoms with Crippen LogP contribution in [0.4, 0.5) is 4.39 Å². The predicted octanol–water partition coefficient (Wildman–Crippen LogP) is 1.88. The molecule has 2 saturated heterocycles. The number of carbonyl (C=O) groups is 1. The van der Waals surface area contributed by atoms with Crippen LogP contribution in [0.1, 0.15) is 67.1 Å². The second-order valence-corrected chi connectivity index (χ2v) is 10.8. The number of amides is 1. The lowest BCUT2D eigenvalue weighted by Crippen LogP contribution is -2.51. The second kappa shape index (κ2) is 9.59. The zero-order chi connectivity index (χ0) is 24.6. The number of benzene rings is 1. The summed E-state index contributed by atoms with van der Waals surface area (Å²) in [7, 11) is -4.03. The first kappa shape index (κ1) is 24.6. The van der Waals surface area contributed by atoms with Crippen molar-refractivity contribution in [1.29, 1.82) is 0 Å². The number of aryl methyl sites for hydroxylation is 1. The number of H-pyrrole nitrogens is 1. The first-order chi connectivity index (χ1) is 16.1. The number of piperidine rings is 1. The highest BCUT2D eigenvalue weighted by molar-refractivity contribution is 7.87. The third-order valence-corrected chi connectivity index (χ3v) is 8.60. The highest BCUT2D eigenvalue weighted by Crippen LogP contribution is 2.35. The van der Waals surface area contributed by atoms with Crippen LogP contribution in [0.2, 0.25) is 0 Å². The molecule has 3 heterocycles. The van der Waals surface area contributed by atoms with Crippen LogP contribution < -0.4 is 10.5 Å². The summed E-state index contributed by atoms with van der Waals surface area (Å²) < 4.78 is 50.5. The molecule has 1 amide bonds. The maximum Gasteiger partial charge on any atom is 0.434 e. The van der Waals surface area contributed by atoms with Gasteiger partial charge in [-0.25, -0.2) is 14.3 Å². The molecule has 2 N–H and O–H groups in total. The van der Waals surface area contributed by atoms with E-state index in [1.165, 1.54) is 10.4 Å². The Balaban J connectivity index is 1.57. The lowest BCUT2D eigenvalue weighted by Gasteiger charge is -2.36. The van der Waals surface area contributed by atoms with E-state index in [1.807, 2.05) is 11.8 Å². The van der Waals surface area contributed by atoms with Crippen LogP contribution in [0.15, 0.2) is 21.3 Å². The number of nitrogens with zero attached hydrogens (tertiary/aromatic N) is 3. The van der Waals surface area contributed by atoms with Gasteiger partial charge < -0.3 is 9.32 Å². The molecule has 0 aliphatic carbocycles. The SMILES string of the molecule is Cc1ccc(F)c(C(C)[C@H](NS(=O)(=O)N2CCC(N3CCCC3=O)CC2)c2n[nH]c(=O)o2)c1C. The van der Waals surface area contributed by atoms with Crippen molar-refractivity contribution in [1.82, 2.24) is 24.1 Å². The summed E-state index contributed by atoms with van der Waals surface area (Å²) >= 11 is 0. The molecule has 2 atom stereocenters. The lowest BCUT2D eigenvalue weighted by molar-refractivity contribution is -0.130. The molecule has 0 radical (unpaired) electrons. The van der Waals surface area contributed by atoms with E-state index in [1.54, 1.807) is 19.9 Å². The van der Waals surface area contributed by atoms with Crippen LogP contribution in [-0.2, 0) is 15.0 Å². The number of aromatic nitrogens is 2. The predicted molar refractivity (Wildman–Crippen MR) is 122 cm³/mol. The van der Waals surface area contributed by atoms with Gasteiger partial charge >= 0.3 is 5.76 Å². The van der Waals surface area contributed by atoms with Crippen molar-refractivity contribution >= 4 is 16.1 Å². The van der Waals surface area contributed by atoms with Crippen LogP contribution in [0.25, 0.3) is 0 Å². The summed E-state index contributed by atoms with van der Waals surface area (Å²) in [6.07, 6.45) is 2.46. The van der Waals surface area contributed by atoms with E-state index < -0.39 is 33.7 Å². The van der Waals surface area contributed by atoms with Gasteiger partial charge in [-0.2, -0.15) is 17.4 Å². The fourth-order valence-corrected chi connectivity index (χ4v) is 6.42. The molecule has 2 aromatic rings. The van der Waals surface area contributed by atoms with Gasteiger partial charge in [-0.15, -0.1) is 5.10 Å². The Hall–Kier alpha value is -2.57. The normalized spacial score (nSPS) is 20.1. The quantitative estimate of drug-likeness (QED) is 0.604. The van der Waals surface area contributed by atoms with Gasteiger partial charge in [0.25, 0.3) is 10.2 Å². The minimum atomic E-state index is -4.03. The Morgan fingerprint density at radius 3 is 2.50 bits per heavy atom. The molecular weight excluding hydrogens is 465 g/mol. The maximum atomic E-state index is 14.8. The van der Waals surface area contributed by atoms with E-state index >= 15 is 0 Å². The summed E-state index contributed by atoms with van der Waals surface area (Å²) in [4.78, 5) is 25.5. The minimum absolute atomic E-state index is 0.0320. The Labute approximate surface area is 197 Å². The second-order valence-electron chi connectivity index (χ2n) is 9.06. The number of likely N-dealkylation sites (tertiary alicyclic amines) is 1. The summed E-state index contributed by atoms with van der Waals surface area (Å²) in [6, 6.07) is 1.91. The maximum absolute atomic E-state index is 14.8. The lowest BCUT2D eigenvalue weighted by atomic mass is 9.88. The molecule has 2 aliphatic heterocycles. The molecule has 1 aromatic carbocycles. The van der Waals surface area contributed by atoms with E-state index in [0.717, 1.165) is 12.0 Å². The van der Waals surface area contributed by atoms with Crippen molar-refractivity contribution in [3.05, 3.63) is 51.1 Å². The number of rotatable bonds is 7. The van der Waals surface area contributed by atoms with Crippen molar-refractivity contribution in [2.24, 2.45) is 0 Å². The first-order valence-electron chi connectivity index (χ1n) is 11.5. The first-order valence-corrected chi connectivity index (χ1v) is 12.9. The molecule has 4 rings (SSSR count). The van der Waals surface area contributed by atoms with Gasteiger partial charge in [-0.05, 0) is 55.9 Å². The summed E-state index contributed by atoms with van der Waals surface area (Å²) in [5.74, 6) is -2.07. The topological polar surface area (TPSA) is 129 Å². The molecule has 0 spiro atoms. The van der Waals surface area contributed by atoms with Crippen LogP contribution in [0, 0.1) is 19.7 Å². The molecule has 1 unspecified atom stereocenters. The molecule has 34 heavy (non-hydrogen) atoms. The fraction of sp³-hybridized carbons (Fsp3) is 0.591. The molecule has 12 heteroatoms. The highest BCUT2D eigenvalue weighted by Gasteiger charge is 2.38. The van der Waals surface area contributed by atoms with E-state index in [0.29, 0.717) is 36.9 Å². The standard InChI is InChI=1S/C22H30FN5O5S/c1-13-6-7-17(23)19(14(13)2)15(3)20(21-24-25-22(30)33-21)26-34(31,32)27-11-8-16(9-12-27)28-10-4-5-18(28)29/h6-7,15-16,20,26H,4-5,8-12H2,1-3H3,(H,25,30)/t15?,20-/m0/s1. The van der Waals surface area contributed by atoms with Gasteiger partial charge in [-0.1, -0.05) is 13.0 Å². The van der Waals surface area contributed by atoms with Crippen molar-refractivity contribution in [2.75, 3.05) is 19.6 Å². The monoisotopic (exact) mass is 495 g/mol. The minimum Gasteiger partial charge on any atom is -0.391 e. The smallest absolute Gasteiger partial charge is 0.391 e. The molecule has 0 saturated carbocycles. The van der Waals surface area contributed by atoms with Crippen molar-refractivity contribution < 1.29 is 22.0 Å². The van der Waals surface area contributed by atoms with Crippen molar-refractivity contribution in [3.8, 4) is 0 Å². The van der Waals surface area contributed by atoms with E-state index in [4.69, 9.17) is 4.42 Å². The highest BCUT2D eigenvalue weighted by atomic mass is 32.2. The van der Waals surface area contributed by atoms with Gasteiger partial charge in [0.1, 0.15) is 11.9 Å². The van der Waals surface area contributed by atoms with Gasteiger partial charge in [0.2, 0.25) is 11.8 Å². The van der Waals surface area contributed by atoms with Crippen molar-refractivity contribution in [3.63, 3.8) is 0 Å². The zero-order valence-electron chi connectivity index (χ0n) is 19.5. The number of halogens is 1. The number of carbonyl (C=O) groups excluding carboxylic acids is 1. The molecule has 186 valence electrons. The van der Waals surface area contributed by atoms with Crippen LogP contribution >= 0.6 is 0 Å². The average molecular weight is 496 g/mol. The van der Waals surface area contributed by atoms with Gasteiger partial charge in [-0.3, -0.25) is 4.79 Å². The number of aromatic amines is 1. The molecular formula is C22H30FN5O5S. The third kappa shape index (κ3) is 4.80. The van der Waals surface area contributed by atoms with Crippen molar-refractivity contribution in [2.45, 2.75) is 64.5 Å². The fourth-order valence-electron chi connectivity index (χ4n) is 4.96. The third-order valence-electron chi connectivity index (χ3n) is 7.00. The molecule has 2 aliphatic rings. The number of nitrogens with one attached hydrogen (secondary N) is 2. The summed E-state index contributed by atoms with van der Waals surface area (Å²) in [5.41, 5.74) is 1.86. The summed E-state index contributed by atoms with van der Waals surface area (Å²) in [6.45, 7) is 6.47. The number of hydrogen-bond donors (Lipinski definition) is 2. The Bertz CT molecular complexity index is 1220. The van der Waals surface area contributed by atoms with Crippen LogP contribution in [0.3, 0.4) is 0 Å². The zero-order valence-corrected chi connectivity index (χ0v) is 20.3. The van der Waals surface area contributed by atoms with Gasteiger partial charge in [0.15, 0.2) is 0 Å². The molecule has 0 bridgehead atoms. The summed E-state index contributed by atoms with van der Waals surface area (Å²) in [5, 5.41) is 5.98. The number of hydrogen-bond acceptors (Lipinski definition) is 6. The molecule has 2 fully saturated rings. The Morgan fingerprint density at radius 2 is 1.91 bits per heavy atom. The largest absolute Gasteiger partial charge is 0.434 e. The average Bonchev–Trinajstić information content (AvgIpc) is 3.43. The van der Waals surface area contributed by atoms with Gasteiger partial charge in [0, 0.05) is 38.0 Å². The van der Waals surface area contributed by atoms with E-state index in [2.05, 4.69) is 14.9 Å².